The maximum atomic E-state index is 12.6. The molecule has 5 heteroatoms. The lowest BCUT2D eigenvalue weighted by Crippen LogP contribution is -2.32. The van der Waals surface area contributed by atoms with Crippen LogP contribution in [0.2, 0.25) is 5.02 Å². The number of rotatable bonds is 1. The van der Waals surface area contributed by atoms with Crippen LogP contribution in [0.15, 0.2) is 18.2 Å². The van der Waals surface area contributed by atoms with E-state index in [1.54, 1.807) is 7.05 Å². The maximum Gasteiger partial charge on any atom is 0.192 e. The SMILES string of the molecule is CN(C(=N)N)c1ccc(F)cc1Cl. The summed E-state index contributed by atoms with van der Waals surface area (Å²) in [7, 11) is 1.58. The summed E-state index contributed by atoms with van der Waals surface area (Å²) in [6.45, 7) is 0. The molecule has 0 aliphatic heterocycles. The number of nitrogens with two attached hydrogens (primary N) is 1. The molecule has 1 rings (SSSR count). The summed E-state index contributed by atoms with van der Waals surface area (Å²) in [6.07, 6.45) is 0. The van der Waals surface area contributed by atoms with E-state index in [1.807, 2.05) is 0 Å². The highest BCUT2D eigenvalue weighted by atomic mass is 35.5. The first-order valence-corrected chi connectivity index (χ1v) is 3.93. The lowest BCUT2D eigenvalue weighted by atomic mass is 10.3. The van der Waals surface area contributed by atoms with Gasteiger partial charge in [-0.2, -0.15) is 0 Å². The van der Waals surface area contributed by atoms with Gasteiger partial charge in [-0.05, 0) is 18.2 Å². The minimum absolute atomic E-state index is 0.145. The van der Waals surface area contributed by atoms with E-state index in [1.165, 1.54) is 23.1 Å². The minimum atomic E-state index is -0.411. The summed E-state index contributed by atoms with van der Waals surface area (Å²) in [5.41, 5.74) is 5.74. The van der Waals surface area contributed by atoms with Crippen LogP contribution in [0, 0.1) is 11.2 Å². The molecule has 3 nitrogen and oxygen atoms in total. The van der Waals surface area contributed by atoms with Crippen molar-refractivity contribution in [1.29, 1.82) is 5.41 Å². The van der Waals surface area contributed by atoms with E-state index in [-0.39, 0.29) is 11.0 Å². The van der Waals surface area contributed by atoms with E-state index in [0.29, 0.717) is 5.69 Å². The Morgan fingerprint density at radius 3 is 2.69 bits per heavy atom. The standard InChI is InChI=1S/C8H9ClFN3/c1-13(8(11)12)7-3-2-5(10)4-6(7)9/h2-4H,1H3,(H3,11,12). The van der Waals surface area contributed by atoms with Crippen molar-refractivity contribution in [3.63, 3.8) is 0 Å². The van der Waals surface area contributed by atoms with E-state index < -0.39 is 5.82 Å². The highest BCUT2D eigenvalue weighted by Gasteiger charge is 2.08. The van der Waals surface area contributed by atoms with Gasteiger partial charge in [-0.1, -0.05) is 11.6 Å². The monoisotopic (exact) mass is 201 g/mol. The number of benzene rings is 1. The predicted octanol–water partition coefficient (Wildman–Crippen LogP) is 1.81. The van der Waals surface area contributed by atoms with E-state index in [0.717, 1.165) is 0 Å². The summed E-state index contributed by atoms with van der Waals surface area (Å²) in [5.74, 6) is -0.556. The number of halogens is 2. The molecule has 0 saturated heterocycles. The van der Waals surface area contributed by atoms with Crippen molar-refractivity contribution >= 4 is 23.2 Å². The van der Waals surface area contributed by atoms with E-state index in [9.17, 15) is 4.39 Å². The smallest absolute Gasteiger partial charge is 0.192 e. The quantitative estimate of drug-likeness (QED) is 0.538. The molecule has 0 amide bonds. The van der Waals surface area contributed by atoms with Crippen LogP contribution in [0.5, 0.6) is 0 Å². The van der Waals surface area contributed by atoms with Crippen LogP contribution in [0.4, 0.5) is 10.1 Å². The number of hydrogen-bond acceptors (Lipinski definition) is 1. The zero-order valence-corrected chi connectivity index (χ0v) is 7.77. The predicted molar refractivity (Wildman–Crippen MR) is 51.7 cm³/mol. The third kappa shape index (κ3) is 2.09. The molecule has 0 radical (unpaired) electrons. The van der Waals surface area contributed by atoms with Crippen molar-refractivity contribution in [1.82, 2.24) is 0 Å². The van der Waals surface area contributed by atoms with Crippen LogP contribution in [0.1, 0.15) is 0 Å². The van der Waals surface area contributed by atoms with Gasteiger partial charge in [0.2, 0.25) is 0 Å². The van der Waals surface area contributed by atoms with Crippen molar-refractivity contribution in [2.45, 2.75) is 0 Å². The molecule has 1 aromatic carbocycles. The largest absolute Gasteiger partial charge is 0.370 e. The van der Waals surface area contributed by atoms with Gasteiger partial charge in [0, 0.05) is 7.05 Å². The van der Waals surface area contributed by atoms with E-state index in [4.69, 9.17) is 22.7 Å². The zero-order chi connectivity index (χ0) is 10.0. The molecule has 1 aromatic rings. The van der Waals surface area contributed by atoms with Gasteiger partial charge in [0.1, 0.15) is 5.82 Å². The zero-order valence-electron chi connectivity index (χ0n) is 7.01. The molecule has 0 bridgehead atoms. The van der Waals surface area contributed by atoms with Gasteiger partial charge in [-0.15, -0.1) is 0 Å². The molecule has 0 saturated carbocycles. The second-order valence-electron chi connectivity index (χ2n) is 2.54. The Bertz CT molecular complexity index is 340. The van der Waals surface area contributed by atoms with Gasteiger partial charge < -0.3 is 10.6 Å². The molecule has 0 atom stereocenters. The summed E-state index contributed by atoms with van der Waals surface area (Å²) >= 11 is 5.73. The molecule has 0 aliphatic carbocycles. The van der Waals surface area contributed by atoms with Gasteiger partial charge >= 0.3 is 0 Å². The van der Waals surface area contributed by atoms with Crippen LogP contribution in [-0.4, -0.2) is 13.0 Å². The fourth-order valence-corrected chi connectivity index (χ4v) is 1.18. The van der Waals surface area contributed by atoms with Crippen LogP contribution >= 0.6 is 11.6 Å². The Hall–Kier alpha value is -1.29. The van der Waals surface area contributed by atoms with Crippen LogP contribution in [0.3, 0.4) is 0 Å². The molecule has 0 aromatic heterocycles. The van der Waals surface area contributed by atoms with Crippen molar-refractivity contribution in [2.24, 2.45) is 5.73 Å². The van der Waals surface area contributed by atoms with Crippen molar-refractivity contribution in [3.05, 3.63) is 29.0 Å². The molecule has 70 valence electrons. The fraction of sp³-hybridized carbons (Fsp3) is 0.125. The first-order chi connectivity index (χ1) is 6.02. The Labute approximate surface area is 80.4 Å². The number of nitrogens with one attached hydrogen (secondary N) is 1. The normalized spacial score (nSPS) is 9.77. The highest BCUT2D eigenvalue weighted by molar-refractivity contribution is 6.33. The van der Waals surface area contributed by atoms with Crippen LogP contribution in [-0.2, 0) is 0 Å². The van der Waals surface area contributed by atoms with Gasteiger partial charge in [-0.3, -0.25) is 5.41 Å². The Morgan fingerprint density at radius 2 is 2.23 bits per heavy atom. The molecule has 3 N–H and O–H groups in total. The summed E-state index contributed by atoms with van der Waals surface area (Å²) in [6, 6.07) is 3.91. The first-order valence-electron chi connectivity index (χ1n) is 3.55. The molecule has 0 unspecified atom stereocenters. The fourth-order valence-electron chi connectivity index (χ4n) is 0.883. The van der Waals surface area contributed by atoms with Gasteiger partial charge in [-0.25, -0.2) is 4.39 Å². The molecule has 0 spiro atoms. The Morgan fingerprint density at radius 1 is 1.62 bits per heavy atom. The van der Waals surface area contributed by atoms with Crippen LogP contribution < -0.4 is 10.6 Å². The van der Waals surface area contributed by atoms with Crippen molar-refractivity contribution in [2.75, 3.05) is 11.9 Å². The molecular formula is C8H9ClFN3. The average Bonchev–Trinajstić information content (AvgIpc) is 2.03. The Kier molecular flexibility index (Phi) is 2.72. The molecular weight excluding hydrogens is 193 g/mol. The molecule has 0 aliphatic rings. The highest BCUT2D eigenvalue weighted by Crippen LogP contribution is 2.24. The van der Waals surface area contributed by atoms with Gasteiger partial charge in [0.25, 0.3) is 0 Å². The van der Waals surface area contributed by atoms with Crippen molar-refractivity contribution < 1.29 is 4.39 Å². The topological polar surface area (TPSA) is 53.1 Å². The second-order valence-corrected chi connectivity index (χ2v) is 2.95. The third-order valence-electron chi connectivity index (χ3n) is 1.63. The van der Waals surface area contributed by atoms with Gasteiger partial charge in [0.05, 0.1) is 10.7 Å². The lowest BCUT2D eigenvalue weighted by molar-refractivity contribution is 0.628. The molecule has 0 heterocycles. The third-order valence-corrected chi connectivity index (χ3v) is 1.94. The summed E-state index contributed by atoms with van der Waals surface area (Å²) in [4.78, 5) is 1.36. The number of anilines is 1. The minimum Gasteiger partial charge on any atom is -0.370 e. The maximum absolute atomic E-state index is 12.6. The van der Waals surface area contributed by atoms with Crippen molar-refractivity contribution in [3.8, 4) is 0 Å². The van der Waals surface area contributed by atoms with E-state index >= 15 is 0 Å². The second kappa shape index (κ2) is 3.62. The average molecular weight is 202 g/mol. The van der Waals surface area contributed by atoms with Gasteiger partial charge in [0.15, 0.2) is 5.96 Å². The van der Waals surface area contributed by atoms with Crippen LogP contribution in [0.25, 0.3) is 0 Å². The number of hydrogen-bond donors (Lipinski definition) is 2. The summed E-state index contributed by atoms with van der Waals surface area (Å²) < 4.78 is 12.6. The first kappa shape index (κ1) is 9.80. The summed E-state index contributed by atoms with van der Waals surface area (Å²) in [5, 5.41) is 7.37. The van der Waals surface area contributed by atoms with E-state index in [2.05, 4.69) is 0 Å². The number of nitrogens with zero attached hydrogens (tertiary/aromatic N) is 1. The number of guanidine groups is 1. The Balaban J connectivity index is 3.08. The molecule has 13 heavy (non-hydrogen) atoms. The molecule has 0 fully saturated rings. The lowest BCUT2D eigenvalue weighted by Gasteiger charge is -2.17.